The van der Waals surface area contributed by atoms with E-state index in [9.17, 15) is 19.2 Å². The second-order valence-electron chi connectivity index (χ2n) is 8.31. The monoisotopic (exact) mass is 422 g/mol. The third-order valence-corrected chi connectivity index (χ3v) is 6.69. The summed E-state index contributed by atoms with van der Waals surface area (Å²) in [5, 5.41) is 2.91. The molecule has 8 nitrogen and oxygen atoms in total. The lowest BCUT2D eigenvalue weighted by atomic mass is 9.83. The molecule has 3 aliphatic heterocycles. The smallest absolute Gasteiger partial charge is 0.250 e. The van der Waals surface area contributed by atoms with E-state index in [4.69, 9.17) is 0 Å². The van der Waals surface area contributed by atoms with Crippen LogP contribution in [0.4, 0.5) is 0 Å². The predicted molar refractivity (Wildman–Crippen MR) is 115 cm³/mol. The SMILES string of the molecule is CC.CCC(C(=O)N1CCCC1C)N1CC(CC)(NC(=O)C2CCCN2C=O)C1=O. The second-order valence-corrected chi connectivity index (χ2v) is 8.31. The fraction of sp³-hybridized carbons (Fsp3) is 0.818. The van der Waals surface area contributed by atoms with E-state index in [0.717, 1.165) is 25.8 Å². The predicted octanol–water partition coefficient (Wildman–Crippen LogP) is 1.53. The molecule has 0 aromatic heterocycles. The van der Waals surface area contributed by atoms with Gasteiger partial charge < -0.3 is 20.0 Å². The van der Waals surface area contributed by atoms with Crippen LogP contribution < -0.4 is 5.32 Å². The van der Waals surface area contributed by atoms with Gasteiger partial charge in [0.2, 0.25) is 18.2 Å². The Morgan fingerprint density at radius 2 is 1.87 bits per heavy atom. The quantitative estimate of drug-likeness (QED) is 0.498. The number of rotatable bonds is 7. The Kier molecular flexibility index (Phi) is 8.26. The van der Waals surface area contributed by atoms with Crippen LogP contribution in [-0.2, 0) is 19.2 Å². The topological polar surface area (TPSA) is 90.0 Å². The number of likely N-dealkylation sites (tertiary alicyclic amines) is 3. The Bertz CT molecular complexity index is 655. The highest BCUT2D eigenvalue weighted by atomic mass is 16.2. The van der Waals surface area contributed by atoms with Gasteiger partial charge in [-0.15, -0.1) is 0 Å². The van der Waals surface area contributed by atoms with E-state index in [1.54, 1.807) is 4.90 Å². The van der Waals surface area contributed by atoms with Crippen molar-refractivity contribution in [3.63, 3.8) is 0 Å². The molecule has 3 aliphatic rings. The number of amides is 4. The summed E-state index contributed by atoms with van der Waals surface area (Å²) >= 11 is 0. The molecule has 3 heterocycles. The summed E-state index contributed by atoms with van der Waals surface area (Å²) in [6, 6.07) is -0.760. The molecule has 0 bridgehead atoms. The van der Waals surface area contributed by atoms with Crippen LogP contribution in [0.3, 0.4) is 0 Å². The molecule has 0 saturated carbocycles. The first-order chi connectivity index (χ1) is 14.4. The second kappa shape index (κ2) is 10.3. The van der Waals surface area contributed by atoms with E-state index in [2.05, 4.69) is 5.32 Å². The molecular weight excluding hydrogens is 384 g/mol. The van der Waals surface area contributed by atoms with Crippen LogP contribution in [-0.4, -0.2) is 82.1 Å². The fourth-order valence-corrected chi connectivity index (χ4v) is 4.81. The summed E-state index contributed by atoms with van der Waals surface area (Å²) in [6.45, 7) is 11.5. The zero-order valence-electron chi connectivity index (χ0n) is 19.1. The van der Waals surface area contributed by atoms with Gasteiger partial charge >= 0.3 is 0 Å². The Morgan fingerprint density at radius 1 is 1.20 bits per heavy atom. The normalized spacial score (nSPS) is 29.1. The lowest BCUT2D eigenvalue weighted by Gasteiger charge is -2.52. The molecule has 1 N–H and O–H groups in total. The maximum absolute atomic E-state index is 13.1. The van der Waals surface area contributed by atoms with Crippen molar-refractivity contribution in [2.24, 2.45) is 0 Å². The highest BCUT2D eigenvalue weighted by Crippen LogP contribution is 2.32. The zero-order valence-corrected chi connectivity index (χ0v) is 19.1. The standard InChI is InChI=1S/C20H32N4O4.C2H6/c1-4-15(18(27)23-11-6-8-14(23)3)24-12-20(5-2,19(24)28)21-17(26)16-9-7-10-22(16)13-25;1-2/h13-16H,4-12H2,1-3H3,(H,21,26);1-2H3. The minimum absolute atomic E-state index is 0.0137. The first-order valence-electron chi connectivity index (χ1n) is 11.5. The molecule has 3 fully saturated rings. The van der Waals surface area contributed by atoms with Gasteiger partial charge in [0.25, 0.3) is 5.91 Å². The number of nitrogens with one attached hydrogen (secondary N) is 1. The molecular formula is C22H38N4O4. The summed E-state index contributed by atoms with van der Waals surface area (Å²) in [7, 11) is 0. The summed E-state index contributed by atoms with van der Waals surface area (Å²) in [5.41, 5.74) is -0.960. The van der Waals surface area contributed by atoms with Gasteiger partial charge in [-0.3, -0.25) is 19.2 Å². The molecule has 8 heteroatoms. The Morgan fingerprint density at radius 3 is 2.37 bits per heavy atom. The molecule has 4 unspecified atom stereocenters. The molecule has 0 spiro atoms. The Hall–Kier alpha value is -2.12. The van der Waals surface area contributed by atoms with Crippen LogP contribution in [0.25, 0.3) is 0 Å². The van der Waals surface area contributed by atoms with Crippen LogP contribution in [0.15, 0.2) is 0 Å². The molecule has 30 heavy (non-hydrogen) atoms. The lowest BCUT2D eigenvalue weighted by Crippen LogP contribution is -2.77. The number of nitrogens with zero attached hydrogens (tertiary/aromatic N) is 3. The summed E-state index contributed by atoms with van der Waals surface area (Å²) < 4.78 is 0. The van der Waals surface area contributed by atoms with Crippen LogP contribution >= 0.6 is 0 Å². The van der Waals surface area contributed by atoms with Crippen molar-refractivity contribution in [1.29, 1.82) is 0 Å². The molecule has 3 saturated heterocycles. The zero-order chi connectivity index (χ0) is 22.5. The molecule has 0 aliphatic carbocycles. The van der Waals surface area contributed by atoms with Crippen molar-refractivity contribution < 1.29 is 19.2 Å². The van der Waals surface area contributed by atoms with E-state index in [1.807, 2.05) is 39.5 Å². The molecule has 4 amide bonds. The van der Waals surface area contributed by atoms with Gasteiger partial charge in [-0.05, 0) is 45.4 Å². The fourth-order valence-electron chi connectivity index (χ4n) is 4.81. The van der Waals surface area contributed by atoms with E-state index in [-0.39, 0.29) is 23.8 Å². The van der Waals surface area contributed by atoms with Crippen LogP contribution in [0.2, 0.25) is 0 Å². The highest BCUT2D eigenvalue weighted by molar-refractivity contribution is 6.00. The van der Waals surface area contributed by atoms with E-state index < -0.39 is 17.6 Å². The van der Waals surface area contributed by atoms with Crippen molar-refractivity contribution in [1.82, 2.24) is 20.0 Å². The summed E-state index contributed by atoms with van der Waals surface area (Å²) in [4.78, 5) is 54.9. The Labute approximate surface area is 180 Å². The molecule has 0 aromatic rings. The molecule has 4 atom stereocenters. The molecule has 3 rings (SSSR count). The minimum atomic E-state index is -0.960. The largest absolute Gasteiger partial charge is 0.338 e. The highest BCUT2D eigenvalue weighted by Gasteiger charge is 2.56. The number of β-lactam (4-membered cyclic amide) rings is 1. The lowest BCUT2D eigenvalue weighted by molar-refractivity contribution is -0.166. The first-order valence-corrected chi connectivity index (χ1v) is 11.5. The van der Waals surface area contributed by atoms with E-state index in [1.165, 1.54) is 4.90 Å². The van der Waals surface area contributed by atoms with Gasteiger partial charge in [-0.1, -0.05) is 27.7 Å². The van der Waals surface area contributed by atoms with Crippen molar-refractivity contribution in [2.75, 3.05) is 19.6 Å². The first kappa shape index (κ1) is 24.2. The molecule has 0 radical (unpaired) electrons. The third-order valence-electron chi connectivity index (χ3n) is 6.69. The van der Waals surface area contributed by atoms with Crippen LogP contribution in [0, 0.1) is 0 Å². The Balaban J connectivity index is 0.00000155. The minimum Gasteiger partial charge on any atom is -0.338 e. The number of hydrogen-bond donors (Lipinski definition) is 1. The van der Waals surface area contributed by atoms with Gasteiger partial charge in [0.05, 0.1) is 6.54 Å². The van der Waals surface area contributed by atoms with Crippen molar-refractivity contribution in [3.05, 3.63) is 0 Å². The average molecular weight is 423 g/mol. The van der Waals surface area contributed by atoms with Crippen LogP contribution in [0.1, 0.15) is 73.1 Å². The van der Waals surface area contributed by atoms with Crippen LogP contribution in [0.5, 0.6) is 0 Å². The van der Waals surface area contributed by atoms with Crippen molar-refractivity contribution in [3.8, 4) is 0 Å². The summed E-state index contributed by atoms with van der Waals surface area (Å²) in [6.07, 6.45) is 5.13. The maximum atomic E-state index is 13.1. The van der Waals surface area contributed by atoms with Crippen molar-refractivity contribution in [2.45, 2.75) is 96.8 Å². The van der Waals surface area contributed by atoms with Gasteiger partial charge in [-0.2, -0.15) is 0 Å². The average Bonchev–Trinajstić information content (AvgIpc) is 3.42. The summed E-state index contributed by atoms with van der Waals surface area (Å²) in [5.74, 6) is -0.446. The van der Waals surface area contributed by atoms with Gasteiger partial charge in [-0.25, -0.2) is 0 Å². The van der Waals surface area contributed by atoms with E-state index in [0.29, 0.717) is 38.8 Å². The molecule has 0 aromatic carbocycles. The van der Waals surface area contributed by atoms with E-state index >= 15 is 0 Å². The van der Waals surface area contributed by atoms with Crippen molar-refractivity contribution >= 4 is 24.1 Å². The molecule has 170 valence electrons. The van der Waals surface area contributed by atoms with Gasteiger partial charge in [0.1, 0.15) is 17.6 Å². The third kappa shape index (κ3) is 4.32. The number of carbonyl (C=O) groups excluding carboxylic acids is 4. The number of carbonyl (C=O) groups is 4. The van der Waals surface area contributed by atoms with Gasteiger partial charge in [0, 0.05) is 19.1 Å². The van der Waals surface area contributed by atoms with Gasteiger partial charge in [0.15, 0.2) is 0 Å². The number of hydrogen-bond acceptors (Lipinski definition) is 4. The maximum Gasteiger partial charge on any atom is 0.250 e.